The van der Waals surface area contributed by atoms with E-state index in [0.717, 1.165) is 38.5 Å². The van der Waals surface area contributed by atoms with Crippen LogP contribution in [0.4, 0.5) is 0 Å². The van der Waals surface area contributed by atoms with Crippen LogP contribution in [0, 0.1) is 5.92 Å². The predicted molar refractivity (Wildman–Crippen MR) is 78.2 cm³/mol. The minimum atomic E-state index is -0.722. The Morgan fingerprint density at radius 1 is 1.11 bits per heavy atom. The van der Waals surface area contributed by atoms with Gasteiger partial charge in [0.05, 0.1) is 0 Å². The molecule has 0 spiro atoms. The lowest BCUT2D eigenvalue weighted by Gasteiger charge is -2.08. The van der Waals surface area contributed by atoms with Gasteiger partial charge in [0.15, 0.2) is 0 Å². The summed E-state index contributed by atoms with van der Waals surface area (Å²) in [6, 6.07) is 0. The van der Waals surface area contributed by atoms with Crippen LogP contribution >= 0.6 is 0 Å². The van der Waals surface area contributed by atoms with Crippen LogP contribution in [0.2, 0.25) is 0 Å². The number of hydrogen-bond donors (Lipinski definition) is 1. The van der Waals surface area contributed by atoms with E-state index in [9.17, 15) is 9.59 Å². The summed E-state index contributed by atoms with van der Waals surface area (Å²) in [6.07, 6.45) is 12.4. The van der Waals surface area contributed by atoms with E-state index in [4.69, 9.17) is 5.11 Å². The minimum absolute atomic E-state index is 0.0522. The summed E-state index contributed by atoms with van der Waals surface area (Å²) in [5.74, 6) is -0.435. The lowest BCUT2D eigenvalue weighted by Crippen LogP contribution is -2.07. The van der Waals surface area contributed by atoms with Crippen molar-refractivity contribution < 1.29 is 14.7 Å². The fourth-order valence-electron chi connectivity index (χ4n) is 2.01. The number of rotatable bonds is 12. The Hall–Kier alpha value is -1.12. The van der Waals surface area contributed by atoms with Gasteiger partial charge in [-0.05, 0) is 26.2 Å². The zero-order chi connectivity index (χ0) is 14.5. The fraction of sp³-hybridized carbons (Fsp3) is 0.750. The summed E-state index contributed by atoms with van der Waals surface area (Å²) in [5.41, 5.74) is 0. The lowest BCUT2D eigenvalue weighted by atomic mass is 9.96. The molecule has 0 radical (unpaired) electrons. The normalized spacial score (nSPS) is 12.7. The average molecular weight is 268 g/mol. The Morgan fingerprint density at radius 2 is 1.79 bits per heavy atom. The van der Waals surface area contributed by atoms with Crippen LogP contribution in [-0.4, -0.2) is 16.9 Å². The van der Waals surface area contributed by atoms with Crippen molar-refractivity contribution in [1.82, 2.24) is 0 Å². The van der Waals surface area contributed by atoms with Crippen LogP contribution in [-0.2, 0) is 9.59 Å². The van der Waals surface area contributed by atoms with Gasteiger partial charge in [-0.25, -0.2) is 0 Å². The molecule has 3 heteroatoms. The Labute approximate surface area is 117 Å². The molecule has 0 heterocycles. The lowest BCUT2D eigenvalue weighted by molar-refractivity contribution is -0.137. The molecule has 0 saturated heterocycles. The zero-order valence-corrected chi connectivity index (χ0v) is 12.4. The first-order chi connectivity index (χ1) is 9.07. The largest absolute Gasteiger partial charge is 0.481 e. The second-order valence-corrected chi connectivity index (χ2v) is 5.13. The molecular weight excluding hydrogens is 240 g/mol. The molecule has 0 aliphatic rings. The first kappa shape index (κ1) is 17.9. The molecule has 0 aliphatic carbocycles. The third kappa shape index (κ3) is 11.7. The van der Waals surface area contributed by atoms with Gasteiger partial charge in [0.25, 0.3) is 0 Å². The molecule has 0 aliphatic heterocycles. The van der Waals surface area contributed by atoms with Crippen LogP contribution in [0.3, 0.4) is 0 Å². The molecule has 3 nitrogen and oxygen atoms in total. The van der Waals surface area contributed by atoms with E-state index in [1.165, 1.54) is 12.8 Å². The standard InChI is InChI=1S/C16H28O3/c1-3-4-5-8-11-15(14(2)17)12-9-6-7-10-13-16(18)19/h8,11,15H,3-7,9-10,12-13H2,1-2H3,(H,18,19). The molecule has 0 saturated carbocycles. The van der Waals surface area contributed by atoms with Crippen LogP contribution in [0.25, 0.3) is 0 Å². The summed E-state index contributed by atoms with van der Waals surface area (Å²) in [7, 11) is 0. The topological polar surface area (TPSA) is 54.4 Å². The number of carbonyl (C=O) groups excluding carboxylic acids is 1. The molecule has 0 aromatic heterocycles. The molecule has 110 valence electrons. The monoisotopic (exact) mass is 268 g/mol. The van der Waals surface area contributed by atoms with Crippen LogP contribution < -0.4 is 0 Å². The number of allylic oxidation sites excluding steroid dienone is 2. The molecule has 19 heavy (non-hydrogen) atoms. The maximum atomic E-state index is 11.5. The van der Waals surface area contributed by atoms with Crippen molar-refractivity contribution in [1.29, 1.82) is 0 Å². The molecule has 1 unspecified atom stereocenters. The smallest absolute Gasteiger partial charge is 0.303 e. The van der Waals surface area contributed by atoms with Crippen molar-refractivity contribution in [3.63, 3.8) is 0 Å². The van der Waals surface area contributed by atoms with Gasteiger partial charge in [0, 0.05) is 12.3 Å². The quantitative estimate of drug-likeness (QED) is 0.422. The van der Waals surface area contributed by atoms with Gasteiger partial charge >= 0.3 is 5.97 Å². The molecule has 1 N–H and O–H groups in total. The molecule has 0 aromatic rings. The van der Waals surface area contributed by atoms with Gasteiger partial charge in [-0.3, -0.25) is 9.59 Å². The third-order valence-electron chi connectivity index (χ3n) is 3.27. The van der Waals surface area contributed by atoms with Crippen LogP contribution in [0.15, 0.2) is 12.2 Å². The van der Waals surface area contributed by atoms with Crippen molar-refractivity contribution in [2.45, 2.75) is 71.6 Å². The van der Waals surface area contributed by atoms with Gasteiger partial charge < -0.3 is 5.11 Å². The summed E-state index contributed by atoms with van der Waals surface area (Å²) in [6.45, 7) is 3.81. The highest BCUT2D eigenvalue weighted by Crippen LogP contribution is 2.15. The van der Waals surface area contributed by atoms with Crippen LogP contribution in [0.5, 0.6) is 0 Å². The molecular formula is C16H28O3. The SMILES string of the molecule is CCCCC=CC(CCCCCCC(=O)O)C(C)=O. The van der Waals surface area contributed by atoms with E-state index in [1.807, 2.05) is 0 Å². The molecule has 0 aromatic carbocycles. The highest BCUT2D eigenvalue weighted by molar-refractivity contribution is 5.79. The second kappa shape index (κ2) is 11.9. The average Bonchev–Trinajstić information content (AvgIpc) is 2.35. The first-order valence-corrected chi connectivity index (χ1v) is 7.46. The maximum absolute atomic E-state index is 11.5. The summed E-state index contributed by atoms with van der Waals surface area (Å²) in [5, 5.41) is 8.52. The Balaban J connectivity index is 3.74. The molecule has 0 bridgehead atoms. The maximum Gasteiger partial charge on any atom is 0.303 e. The van der Waals surface area contributed by atoms with Gasteiger partial charge in [0.2, 0.25) is 0 Å². The van der Waals surface area contributed by atoms with E-state index >= 15 is 0 Å². The highest BCUT2D eigenvalue weighted by atomic mass is 16.4. The van der Waals surface area contributed by atoms with Crippen molar-refractivity contribution in [2.75, 3.05) is 0 Å². The number of Topliss-reactive ketones (excluding diaryl/α,β-unsaturated/α-hetero) is 1. The predicted octanol–water partition coefficient (Wildman–Crippen LogP) is 4.36. The second-order valence-electron chi connectivity index (χ2n) is 5.13. The van der Waals surface area contributed by atoms with E-state index in [0.29, 0.717) is 0 Å². The fourth-order valence-corrected chi connectivity index (χ4v) is 2.01. The van der Waals surface area contributed by atoms with Gasteiger partial charge in [-0.15, -0.1) is 0 Å². The zero-order valence-electron chi connectivity index (χ0n) is 12.4. The number of carbonyl (C=O) groups is 2. The number of carboxylic acid groups (broad SMARTS) is 1. The molecule has 0 rings (SSSR count). The van der Waals surface area contributed by atoms with Crippen molar-refractivity contribution in [3.05, 3.63) is 12.2 Å². The van der Waals surface area contributed by atoms with E-state index in [-0.39, 0.29) is 18.1 Å². The van der Waals surface area contributed by atoms with E-state index in [2.05, 4.69) is 19.1 Å². The number of carboxylic acids is 1. The van der Waals surface area contributed by atoms with Crippen molar-refractivity contribution in [2.24, 2.45) is 5.92 Å². The Morgan fingerprint density at radius 3 is 2.37 bits per heavy atom. The van der Waals surface area contributed by atoms with Crippen molar-refractivity contribution >= 4 is 11.8 Å². The van der Waals surface area contributed by atoms with Gasteiger partial charge in [0.1, 0.15) is 5.78 Å². The minimum Gasteiger partial charge on any atom is -0.481 e. The number of hydrogen-bond acceptors (Lipinski definition) is 2. The molecule has 1 atom stereocenters. The van der Waals surface area contributed by atoms with E-state index in [1.54, 1.807) is 6.92 Å². The summed E-state index contributed by atoms with van der Waals surface area (Å²) >= 11 is 0. The Kier molecular flexibility index (Phi) is 11.2. The van der Waals surface area contributed by atoms with E-state index < -0.39 is 5.97 Å². The molecule has 0 amide bonds. The molecule has 0 fully saturated rings. The number of aliphatic carboxylic acids is 1. The summed E-state index contributed by atoms with van der Waals surface area (Å²) < 4.78 is 0. The van der Waals surface area contributed by atoms with Gasteiger partial charge in [-0.1, -0.05) is 51.2 Å². The van der Waals surface area contributed by atoms with Crippen LogP contribution in [0.1, 0.15) is 71.6 Å². The third-order valence-corrected chi connectivity index (χ3v) is 3.27. The summed E-state index contributed by atoms with van der Waals surface area (Å²) in [4.78, 5) is 21.8. The first-order valence-electron chi connectivity index (χ1n) is 7.46. The highest BCUT2D eigenvalue weighted by Gasteiger charge is 2.09. The van der Waals surface area contributed by atoms with Gasteiger partial charge in [-0.2, -0.15) is 0 Å². The Bertz CT molecular complexity index is 282. The number of unbranched alkanes of at least 4 members (excludes halogenated alkanes) is 5. The number of ketones is 1. The van der Waals surface area contributed by atoms with Crippen molar-refractivity contribution in [3.8, 4) is 0 Å².